The van der Waals surface area contributed by atoms with Crippen LogP contribution in [0.3, 0.4) is 0 Å². The average Bonchev–Trinajstić information content (AvgIpc) is 3.51. The van der Waals surface area contributed by atoms with E-state index >= 15 is 0 Å². The molecule has 0 nitrogen and oxygen atoms in total. The number of benzene rings is 6. The first-order valence-electron chi connectivity index (χ1n) is 20.0. The lowest BCUT2D eigenvalue weighted by molar-refractivity contribution is 0.942. The minimum absolute atomic E-state index is 0.319. The van der Waals surface area contributed by atoms with Gasteiger partial charge in [-0.05, 0) is 173 Å². The predicted octanol–water partition coefficient (Wildman–Crippen LogP) is 15.6. The summed E-state index contributed by atoms with van der Waals surface area (Å²) in [6.45, 7) is 15.9. The van der Waals surface area contributed by atoms with Crippen LogP contribution in [0.15, 0.2) is 174 Å². The molecule has 6 aromatic carbocycles. The summed E-state index contributed by atoms with van der Waals surface area (Å²) in [5.41, 5.74) is 26.0. The van der Waals surface area contributed by atoms with Gasteiger partial charge in [0.25, 0.3) is 0 Å². The maximum atomic E-state index is 4.62. The van der Waals surface area contributed by atoms with Gasteiger partial charge in [0, 0.05) is 10.1 Å². The third kappa shape index (κ3) is 6.91. The standard InChI is InChI=1S/C55H48S/c1-34-18-25-54-48(26-34)19-16-35(2)27-50(39(6)56-54)46-14-9-13-45(33-46)44-12-7-10-42(31-44)40-20-22-41(23-21-40)43-11-8-15-47(32-43)51-29-37(4)30-53-52-28-36(3)17-24-49(52)38(5)55(51)53/h7-16,18,20-23,25-33,39H,5,17,19,24H2,1-4,6H3/b35-16-,50-27+. The minimum Gasteiger partial charge on any atom is -0.118 e. The smallest absolute Gasteiger partial charge is 0.0322 e. The summed E-state index contributed by atoms with van der Waals surface area (Å²) in [6.07, 6.45) is 10.3. The largest absolute Gasteiger partial charge is 0.118 e. The van der Waals surface area contributed by atoms with E-state index in [0.717, 1.165) is 19.3 Å². The van der Waals surface area contributed by atoms with Crippen LogP contribution in [-0.4, -0.2) is 5.25 Å². The zero-order valence-corrected chi connectivity index (χ0v) is 34.0. The molecule has 0 amide bonds. The number of hydrogen-bond acceptors (Lipinski definition) is 1. The second kappa shape index (κ2) is 14.8. The molecule has 6 aromatic rings. The van der Waals surface area contributed by atoms with Crippen LogP contribution in [-0.2, 0) is 6.42 Å². The van der Waals surface area contributed by atoms with Crippen molar-refractivity contribution in [2.75, 3.05) is 0 Å². The molecular weight excluding hydrogens is 693 g/mol. The van der Waals surface area contributed by atoms with E-state index in [1.807, 2.05) is 11.8 Å². The molecule has 0 radical (unpaired) electrons. The van der Waals surface area contributed by atoms with Gasteiger partial charge in [-0.15, -0.1) is 11.8 Å². The number of fused-ring (bicyclic) bond motifs is 3. The number of allylic oxidation sites excluding steroid dienone is 8. The SMILES string of the molecule is C=C1C2=C(C=C(C)CC2)c2cc(C)cc(-c3cccc(-c4ccc(-c5cccc(-c6cccc(/C7=C/C(C)=C\Cc8cc(C)ccc8SC7C)c6)c5)cc4)c3)c21. The monoisotopic (exact) mass is 740 g/mol. The highest BCUT2D eigenvalue weighted by atomic mass is 32.2. The summed E-state index contributed by atoms with van der Waals surface area (Å²) < 4.78 is 0. The van der Waals surface area contributed by atoms with Crippen molar-refractivity contribution in [1.82, 2.24) is 0 Å². The third-order valence-corrected chi connectivity index (χ3v) is 13.1. The fraction of sp³-hybridized carbons (Fsp3) is 0.164. The highest BCUT2D eigenvalue weighted by molar-refractivity contribution is 8.00. The Morgan fingerprint density at radius 1 is 0.554 bits per heavy atom. The number of rotatable bonds is 5. The van der Waals surface area contributed by atoms with Gasteiger partial charge in [-0.25, -0.2) is 0 Å². The van der Waals surface area contributed by atoms with Gasteiger partial charge in [-0.3, -0.25) is 0 Å². The molecule has 1 heterocycles. The second-order valence-corrected chi connectivity index (χ2v) is 17.4. The quantitative estimate of drug-likeness (QED) is 0.170. The molecular formula is C55H48S. The van der Waals surface area contributed by atoms with E-state index in [4.69, 9.17) is 0 Å². The summed E-state index contributed by atoms with van der Waals surface area (Å²) in [7, 11) is 0. The highest BCUT2D eigenvalue weighted by Crippen LogP contribution is 2.50. The van der Waals surface area contributed by atoms with Gasteiger partial charge < -0.3 is 0 Å². The van der Waals surface area contributed by atoms with Crippen LogP contribution in [0.25, 0.3) is 61.2 Å². The summed E-state index contributed by atoms with van der Waals surface area (Å²) in [5, 5.41) is 0.319. The van der Waals surface area contributed by atoms with Crippen molar-refractivity contribution in [2.24, 2.45) is 0 Å². The van der Waals surface area contributed by atoms with Crippen molar-refractivity contribution in [1.29, 1.82) is 0 Å². The Bertz CT molecular complexity index is 2690. The average molecular weight is 741 g/mol. The summed E-state index contributed by atoms with van der Waals surface area (Å²) in [6, 6.07) is 47.8. The number of thioether (sulfide) groups is 1. The lowest BCUT2D eigenvalue weighted by atomic mass is 9.89. The Morgan fingerprint density at radius 2 is 1.14 bits per heavy atom. The summed E-state index contributed by atoms with van der Waals surface area (Å²) >= 11 is 1.97. The van der Waals surface area contributed by atoms with Crippen molar-refractivity contribution in [3.8, 4) is 44.5 Å². The first-order valence-corrected chi connectivity index (χ1v) is 20.9. The Labute approximate surface area is 337 Å². The van der Waals surface area contributed by atoms with Gasteiger partial charge in [-0.1, -0.05) is 145 Å². The van der Waals surface area contributed by atoms with Crippen molar-refractivity contribution in [2.45, 2.75) is 64.0 Å². The fourth-order valence-corrected chi connectivity index (χ4v) is 10.00. The van der Waals surface area contributed by atoms with Crippen LogP contribution in [0.4, 0.5) is 0 Å². The molecule has 9 rings (SSSR count). The minimum atomic E-state index is 0.319. The van der Waals surface area contributed by atoms with Crippen LogP contribution in [0.1, 0.15) is 67.0 Å². The van der Waals surface area contributed by atoms with Crippen molar-refractivity contribution in [3.63, 3.8) is 0 Å². The van der Waals surface area contributed by atoms with Crippen LogP contribution in [0, 0.1) is 13.8 Å². The highest BCUT2D eigenvalue weighted by Gasteiger charge is 2.29. The number of aryl methyl sites for hydroxylation is 2. The van der Waals surface area contributed by atoms with E-state index in [-0.39, 0.29) is 0 Å². The molecule has 1 aliphatic heterocycles. The molecule has 274 valence electrons. The fourth-order valence-electron chi connectivity index (χ4n) is 8.84. The Balaban J connectivity index is 0.983. The number of hydrogen-bond donors (Lipinski definition) is 0. The first-order chi connectivity index (χ1) is 27.2. The van der Waals surface area contributed by atoms with Gasteiger partial charge in [0.15, 0.2) is 0 Å². The van der Waals surface area contributed by atoms with Crippen LogP contribution < -0.4 is 0 Å². The van der Waals surface area contributed by atoms with Gasteiger partial charge in [0.05, 0.1) is 0 Å². The molecule has 0 saturated heterocycles. The molecule has 0 fully saturated rings. The third-order valence-electron chi connectivity index (χ3n) is 11.8. The van der Waals surface area contributed by atoms with Crippen molar-refractivity contribution in [3.05, 3.63) is 202 Å². The molecule has 0 aromatic heterocycles. The van der Waals surface area contributed by atoms with Crippen LogP contribution >= 0.6 is 11.8 Å². The molecule has 0 N–H and O–H groups in total. The van der Waals surface area contributed by atoms with E-state index in [1.54, 1.807) is 0 Å². The molecule has 0 spiro atoms. The molecule has 0 bridgehead atoms. The van der Waals surface area contributed by atoms with Crippen LogP contribution in [0.5, 0.6) is 0 Å². The lowest BCUT2D eigenvalue weighted by Gasteiger charge is -2.18. The Kier molecular flexibility index (Phi) is 9.52. The van der Waals surface area contributed by atoms with Gasteiger partial charge in [0.2, 0.25) is 0 Å². The maximum Gasteiger partial charge on any atom is 0.0322 e. The molecule has 0 saturated carbocycles. The van der Waals surface area contributed by atoms with Gasteiger partial charge in [0.1, 0.15) is 0 Å². The molecule has 1 atom stereocenters. The van der Waals surface area contributed by atoms with Crippen molar-refractivity contribution >= 4 is 28.5 Å². The van der Waals surface area contributed by atoms with Crippen LogP contribution in [0.2, 0.25) is 0 Å². The predicted molar refractivity (Wildman–Crippen MR) is 244 cm³/mol. The van der Waals surface area contributed by atoms with E-state index in [1.165, 1.54) is 116 Å². The normalized spacial score (nSPS) is 18.3. The van der Waals surface area contributed by atoms with Gasteiger partial charge in [-0.2, -0.15) is 0 Å². The summed E-state index contributed by atoms with van der Waals surface area (Å²) in [4.78, 5) is 1.38. The molecule has 1 unspecified atom stereocenters. The molecule has 3 aliphatic rings. The molecule has 1 heteroatoms. The topological polar surface area (TPSA) is 0 Å². The summed E-state index contributed by atoms with van der Waals surface area (Å²) in [5.74, 6) is 0. The van der Waals surface area contributed by atoms with Crippen molar-refractivity contribution < 1.29 is 0 Å². The maximum absolute atomic E-state index is 4.62. The van der Waals surface area contributed by atoms with E-state index in [9.17, 15) is 0 Å². The zero-order chi connectivity index (χ0) is 38.5. The first kappa shape index (κ1) is 36.0. The van der Waals surface area contributed by atoms with E-state index < -0.39 is 0 Å². The second-order valence-electron chi connectivity index (χ2n) is 16.0. The van der Waals surface area contributed by atoms with Gasteiger partial charge >= 0.3 is 0 Å². The molecule has 56 heavy (non-hydrogen) atoms. The Morgan fingerprint density at radius 3 is 1.84 bits per heavy atom. The Hall–Kier alpha value is -5.63. The van der Waals surface area contributed by atoms with E-state index in [0.29, 0.717) is 5.25 Å². The molecule has 2 aliphatic carbocycles. The zero-order valence-electron chi connectivity index (χ0n) is 33.2. The lowest BCUT2D eigenvalue weighted by Crippen LogP contribution is -2.02. The van der Waals surface area contributed by atoms with E-state index in [2.05, 4.69) is 187 Å².